The molecule has 7 heteroatoms. The molecular formula is C22H37ClN2O4. The Bertz CT molecular complexity index is 548. The SMILES string of the molecule is CCCCOc1ccc(OCCCCCN2CCN(C(=O)OCC)CC2)cc1.Cl. The van der Waals surface area contributed by atoms with Crippen LogP contribution in [0.5, 0.6) is 11.5 Å². The smallest absolute Gasteiger partial charge is 0.409 e. The van der Waals surface area contributed by atoms with E-state index < -0.39 is 0 Å². The van der Waals surface area contributed by atoms with Crippen LogP contribution in [0, 0.1) is 0 Å². The molecule has 0 aromatic heterocycles. The number of amides is 1. The predicted octanol–water partition coefficient (Wildman–Crippen LogP) is 4.61. The van der Waals surface area contributed by atoms with Crippen LogP contribution in [0.1, 0.15) is 46.0 Å². The van der Waals surface area contributed by atoms with Gasteiger partial charge in [0.25, 0.3) is 0 Å². The standard InChI is InChI=1S/C22H36N2O4.ClH/c1-3-5-18-27-20-9-11-21(12-10-20)28-19-8-6-7-13-23-14-16-24(17-15-23)22(25)26-4-2;/h9-12H,3-8,13-19H2,1-2H3;1H. The highest BCUT2D eigenvalue weighted by Crippen LogP contribution is 2.18. The summed E-state index contributed by atoms with van der Waals surface area (Å²) in [5.74, 6) is 1.81. The number of rotatable bonds is 12. The van der Waals surface area contributed by atoms with E-state index in [0.29, 0.717) is 6.61 Å². The van der Waals surface area contributed by atoms with E-state index in [1.54, 1.807) is 4.90 Å². The minimum absolute atomic E-state index is 0. The van der Waals surface area contributed by atoms with Gasteiger partial charge in [0, 0.05) is 26.2 Å². The van der Waals surface area contributed by atoms with E-state index in [1.165, 1.54) is 0 Å². The Kier molecular flexibility index (Phi) is 13.3. The number of carbonyl (C=O) groups excluding carboxylic acids is 1. The predicted molar refractivity (Wildman–Crippen MR) is 118 cm³/mol. The van der Waals surface area contributed by atoms with E-state index in [4.69, 9.17) is 14.2 Å². The molecule has 1 aliphatic rings. The molecule has 1 saturated heterocycles. The van der Waals surface area contributed by atoms with Crippen molar-refractivity contribution in [3.8, 4) is 11.5 Å². The quantitative estimate of drug-likeness (QED) is 0.455. The van der Waals surface area contributed by atoms with Crippen LogP contribution in [0.25, 0.3) is 0 Å². The summed E-state index contributed by atoms with van der Waals surface area (Å²) in [5, 5.41) is 0. The highest BCUT2D eigenvalue weighted by atomic mass is 35.5. The maximum Gasteiger partial charge on any atom is 0.409 e. The number of benzene rings is 1. The zero-order valence-electron chi connectivity index (χ0n) is 17.9. The van der Waals surface area contributed by atoms with Crippen molar-refractivity contribution in [2.45, 2.75) is 46.0 Å². The highest BCUT2D eigenvalue weighted by Gasteiger charge is 2.21. The minimum Gasteiger partial charge on any atom is -0.494 e. The molecule has 166 valence electrons. The molecular weight excluding hydrogens is 392 g/mol. The fourth-order valence-corrected chi connectivity index (χ4v) is 3.14. The lowest BCUT2D eigenvalue weighted by Crippen LogP contribution is -2.49. The molecule has 0 saturated carbocycles. The molecule has 0 radical (unpaired) electrons. The summed E-state index contributed by atoms with van der Waals surface area (Å²) in [6.45, 7) is 10.4. The van der Waals surface area contributed by atoms with Gasteiger partial charge in [0.2, 0.25) is 0 Å². The lowest BCUT2D eigenvalue weighted by atomic mass is 10.2. The average molecular weight is 429 g/mol. The molecule has 0 aliphatic carbocycles. The fraction of sp³-hybridized carbons (Fsp3) is 0.682. The number of hydrogen-bond donors (Lipinski definition) is 0. The first-order valence-electron chi connectivity index (χ1n) is 10.7. The van der Waals surface area contributed by atoms with Gasteiger partial charge >= 0.3 is 6.09 Å². The van der Waals surface area contributed by atoms with Gasteiger partial charge in [0.05, 0.1) is 19.8 Å². The number of nitrogens with zero attached hydrogens (tertiary/aromatic N) is 2. The third kappa shape index (κ3) is 10.1. The summed E-state index contributed by atoms with van der Waals surface area (Å²) in [6.07, 6.45) is 5.41. The third-order valence-electron chi connectivity index (χ3n) is 4.88. The van der Waals surface area contributed by atoms with E-state index in [0.717, 1.165) is 89.5 Å². The van der Waals surface area contributed by atoms with Crippen LogP contribution in [0.3, 0.4) is 0 Å². The normalized spacial score (nSPS) is 14.2. The molecule has 1 heterocycles. The Balaban J connectivity index is 0.00000420. The molecule has 0 N–H and O–H groups in total. The monoisotopic (exact) mass is 428 g/mol. The van der Waals surface area contributed by atoms with E-state index in [1.807, 2.05) is 31.2 Å². The largest absolute Gasteiger partial charge is 0.494 e. The van der Waals surface area contributed by atoms with Gasteiger partial charge in [-0.1, -0.05) is 13.3 Å². The first-order valence-corrected chi connectivity index (χ1v) is 10.7. The lowest BCUT2D eigenvalue weighted by molar-refractivity contribution is 0.0791. The van der Waals surface area contributed by atoms with Crippen molar-refractivity contribution in [3.05, 3.63) is 24.3 Å². The third-order valence-corrected chi connectivity index (χ3v) is 4.88. The van der Waals surface area contributed by atoms with Gasteiger partial charge in [-0.2, -0.15) is 0 Å². The van der Waals surface area contributed by atoms with Gasteiger partial charge in [-0.05, 0) is 63.4 Å². The van der Waals surface area contributed by atoms with E-state index in [9.17, 15) is 4.79 Å². The van der Waals surface area contributed by atoms with E-state index >= 15 is 0 Å². The van der Waals surface area contributed by atoms with Gasteiger partial charge in [-0.15, -0.1) is 12.4 Å². The summed E-state index contributed by atoms with van der Waals surface area (Å²) < 4.78 is 16.5. The first kappa shape index (κ1) is 25.4. The van der Waals surface area contributed by atoms with Crippen LogP contribution in [0.2, 0.25) is 0 Å². The van der Waals surface area contributed by atoms with Gasteiger partial charge in [0.1, 0.15) is 11.5 Å². The molecule has 0 spiro atoms. The average Bonchev–Trinajstić information content (AvgIpc) is 2.72. The molecule has 6 nitrogen and oxygen atoms in total. The minimum atomic E-state index is -0.181. The molecule has 0 atom stereocenters. The molecule has 2 rings (SSSR count). The topological polar surface area (TPSA) is 51.2 Å². The zero-order chi connectivity index (χ0) is 20.0. The molecule has 1 fully saturated rings. The van der Waals surface area contributed by atoms with Crippen LogP contribution in [-0.4, -0.2) is 68.4 Å². The molecule has 1 aliphatic heterocycles. The first-order chi connectivity index (χ1) is 13.7. The summed E-state index contributed by atoms with van der Waals surface area (Å²) >= 11 is 0. The second kappa shape index (κ2) is 15.2. The van der Waals surface area contributed by atoms with Gasteiger partial charge in [-0.3, -0.25) is 4.90 Å². The molecule has 0 unspecified atom stereocenters. The van der Waals surface area contributed by atoms with Crippen LogP contribution in [-0.2, 0) is 4.74 Å². The van der Waals surface area contributed by atoms with Gasteiger partial charge in [-0.25, -0.2) is 4.79 Å². The fourth-order valence-electron chi connectivity index (χ4n) is 3.14. The highest BCUT2D eigenvalue weighted by molar-refractivity contribution is 5.85. The van der Waals surface area contributed by atoms with Crippen LogP contribution in [0.15, 0.2) is 24.3 Å². The van der Waals surface area contributed by atoms with Crippen LogP contribution in [0.4, 0.5) is 4.79 Å². The lowest BCUT2D eigenvalue weighted by Gasteiger charge is -2.34. The Morgan fingerprint density at radius 1 is 0.862 bits per heavy atom. The zero-order valence-corrected chi connectivity index (χ0v) is 18.8. The van der Waals surface area contributed by atoms with Crippen molar-refractivity contribution in [3.63, 3.8) is 0 Å². The maximum absolute atomic E-state index is 11.7. The molecule has 1 aromatic rings. The summed E-state index contributed by atoms with van der Waals surface area (Å²) in [6, 6.07) is 7.90. The van der Waals surface area contributed by atoms with Gasteiger partial charge < -0.3 is 19.1 Å². The maximum atomic E-state index is 11.7. The van der Waals surface area contributed by atoms with Crippen molar-refractivity contribution < 1.29 is 19.0 Å². The second-order valence-corrected chi connectivity index (χ2v) is 7.11. The number of piperazine rings is 1. The Labute approximate surface area is 181 Å². The van der Waals surface area contributed by atoms with E-state index in [2.05, 4.69) is 11.8 Å². The number of unbranched alkanes of at least 4 members (excludes halogenated alkanes) is 3. The molecule has 29 heavy (non-hydrogen) atoms. The Hall–Kier alpha value is -1.66. The number of ether oxygens (including phenoxy) is 3. The summed E-state index contributed by atoms with van der Waals surface area (Å²) in [4.78, 5) is 15.9. The number of halogens is 1. The summed E-state index contributed by atoms with van der Waals surface area (Å²) in [7, 11) is 0. The molecule has 0 bridgehead atoms. The molecule has 1 aromatic carbocycles. The van der Waals surface area contributed by atoms with Crippen molar-refractivity contribution in [1.82, 2.24) is 9.80 Å². The van der Waals surface area contributed by atoms with Crippen LogP contribution >= 0.6 is 12.4 Å². The summed E-state index contributed by atoms with van der Waals surface area (Å²) in [5.41, 5.74) is 0. The van der Waals surface area contributed by atoms with Crippen LogP contribution < -0.4 is 9.47 Å². The Morgan fingerprint density at radius 3 is 2.00 bits per heavy atom. The number of hydrogen-bond acceptors (Lipinski definition) is 5. The van der Waals surface area contributed by atoms with Crippen molar-refractivity contribution >= 4 is 18.5 Å². The van der Waals surface area contributed by atoms with Gasteiger partial charge in [0.15, 0.2) is 0 Å². The Morgan fingerprint density at radius 2 is 1.45 bits per heavy atom. The second-order valence-electron chi connectivity index (χ2n) is 7.11. The van der Waals surface area contributed by atoms with Crippen molar-refractivity contribution in [1.29, 1.82) is 0 Å². The van der Waals surface area contributed by atoms with Crippen molar-refractivity contribution in [2.75, 3.05) is 52.5 Å². The molecule has 1 amide bonds. The van der Waals surface area contributed by atoms with Crippen molar-refractivity contribution in [2.24, 2.45) is 0 Å². The van der Waals surface area contributed by atoms with E-state index in [-0.39, 0.29) is 18.5 Å². The number of carbonyl (C=O) groups is 1.